The molecule has 0 bridgehead atoms. The summed E-state index contributed by atoms with van der Waals surface area (Å²) in [7, 11) is 3.58. The first-order valence-electron chi connectivity index (χ1n) is 4.79. The summed E-state index contributed by atoms with van der Waals surface area (Å²) in [5.41, 5.74) is 5.68. The molecule has 3 nitrogen and oxygen atoms in total. The smallest absolute Gasteiger partial charge is 0.222 e. The maximum Gasteiger partial charge on any atom is 0.222 e. The van der Waals surface area contributed by atoms with E-state index < -0.39 is 0 Å². The number of carbonyl (C=O) groups excluding carboxylic acids is 1. The predicted octanol–water partition coefficient (Wildman–Crippen LogP) is 1.23. The molecular formula is C10H22N2O. The zero-order valence-corrected chi connectivity index (χ0v) is 9.26. The van der Waals surface area contributed by atoms with Crippen LogP contribution >= 0.6 is 0 Å². The minimum Gasteiger partial charge on any atom is -0.349 e. The van der Waals surface area contributed by atoms with E-state index in [0.717, 1.165) is 12.8 Å². The van der Waals surface area contributed by atoms with Crippen LogP contribution in [0.1, 0.15) is 33.1 Å². The minimum atomic E-state index is 0.195. The van der Waals surface area contributed by atoms with E-state index in [9.17, 15) is 4.79 Å². The Morgan fingerprint density at radius 2 is 1.85 bits per heavy atom. The molecule has 78 valence electrons. The van der Waals surface area contributed by atoms with E-state index >= 15 is 0 Å². The average molecular weight is 186 g/mol. The lowest BCUT2D eigenvalue weighted by atomic mass is 9.84. The van der Waals surface area contributed by atoms with Crippen LogP contribution in [0, 0.1) is 5.41 Å². The number of nitrogens with two attached hydrogens (primary N) is 1. The molecule has 2 N–H and O–H groups in total. The second-order valence-corrected chi connectivity index (χ2v) is 4.49. The van der Waals surface area contributed by atoms with Gasteiger partial charge < -0.3 is 10.6 Å². The van der Waals surface area contributed by atoms with Crippen LogP contribution < -0.4 is 5.73 Å². The average Bonchev–Trinajstić information content (AvgIpc) is 2.00. The molecular weight excluding hydrogens is 164 g/mol. The molecule has 0 spiro atoms. The first kappa shape index (κ1) is 12.4. The second-order valence-electron chi connectivity index (χ2n) is 4.49. The Balaban J connectivity index is 3.80. The zero-order chi connectivity index (χ0) is 10.5. The topological polar surface area (TPSA) is 46.3 Å². The molecule has 0 unspecified atom stereocenters. The summed E-state index contributed by atoms with van der Waals surface area (Å²) in [6, 6.07) is 0. The van der Waals surface area contributed by atoms with Gasteiger partial charge in [0, 0.05) is 20.5 Å². The van der Waals surface area contributed by atoms with Gasteiger partial charge in [-0.15, -0.1) is 0 Å². The van der Waals surface area contributed by atoms with Crippen molar-refractivity contribution in [2.75, 3.05) is 20.6 Å². The van der Waals surface area contributed by atoms with Crippen molar-refractivity contribution < 1.29 is 4.79 Å². The number of carbonyl (C=O) groups is 1. The quantitative estimate of drug-likeness (QED) is 0.702. The van der Waals surface area contributed by atoms with Gasteiger partial charge in [0.25, 0.3) is 0 Å². The molecule has 0 aromatic rings. The number of rotatable bonds is 5. The summed E-state index contributed by atoms with van der Waals surface area (Å²) in [6.45, 7) is 5.01. The van der Waals surface area contributed by atoms with Crippen molar-refractivity contribution in [2.24, 2.45) is 11.1 Å². The molecule has 3 heteroatoms. The minimum absolute atomic E-state index is 0.195. The number of hydrogen-bond donors (Lipinski definition) is 1. The Hall–Kier alpha value is -0.570. The van der Waals surface area contributed by atoms with E-state index in [1.54, 1.807) is 19.0 Å². The third-order valence-corrected chi connectivity index (χ3v) is 2.34. The van der Waals surface area contributed by atoms with Gasteiger partial charge in [0.15, 0.2) is 0 Å². The van der Waals surface area contributed by atoms with Gasteiger partial charge in [-0.3, -0.25) is 4.79 Å². The van der Waals surface area contributed by atoms with Crippen LogP contribution in [0.3, 0.4) is 0 Å². The lowest BCUT2D eigenvalue weighted by molar-refractivity contribution is -0.129. The molecule has 1 amide bonds. The van der Waals surface area contributed by atoms with Gasteiger partial charge in [-0.05, 0) is 24.8 Å². The Bertz CT molecular complexity index is 164. The molecule has 0 saturated heterocycles. The van der Waals surface area contributed by atoms with E-state index in [2.05, 4.69) is 13.8 Å². The van der Waals surface area contributed by atoms with Crippen LogP contribution in [0.5, 0.6) is 0 Å². The Kier molecular flexibility index (Phi) is 4.99. The van der Waals surface area contributed by atoms with Crippen molar-refractivity contribution in [1.82, 2.24) is 4.90 Å². The van der Waals surface area contributed by atoms with Crippen LogP contribution in [0.2, 0.25) is 0 Å². The van der Waals surface area contributed by atoms with E-state index in [1.165, 1.54) is 0 Å². The molecule has 0 rings (SSSR count). The van der Waals surface area contributed by atoms with Crippen molar-refractivity contribution in [2.45, 2.75) is 33.1 Å². The van der Waals surface area contributed by atoms with Crippen LogP contribution in [0.25, 0.3) is 0 Å². The predicted molar refractivity (Wildman–Crippen MR) is 55.4 cm³/mol. The molecule has 0 atom stereocenters. The van der Waals surface area contributed by atoms with Gasteiger partial charge in [0.1, 0.15) is 0 Å². The van der Waals surface area contributed by atoms with Gasteiger partial charge in [-0.1, -0.05) is 13.8 Å². The largest absolute Gasteiger partial charge is 0.349 e. The maximum atomic E-state index is 11.3. The number of nitrogens with zero attached hydrogens (tertiary/aromatic N) is 1. The zero-order valence-electron chi connectivity index (χ0n) is 9.26. The third kappa shape index (κ3) is 5.64. The number of amides is 1. The molecule has 13 heavy (non-hydrogen) atoms. The van der Waals surface area contributed by atoms with Crippen molar-refractivity contribution in [3.05, 3.63) is 0 Å². The molecule has 0 aliphatic heterocycles. The first-order chi connectivity index (χ1) is 5.89. The normalized spacial score (nSPS) is 11.5. The Morgan fingerprint density at radius 3 is 2.23 bits per heavy atom. The van der Waals surface area contributed by atoms with Crippen molar-refractivity contribution in [3.8, 4) is 0 Å². The summed E-state index contributed by atoms with van der Waals surface area (Å²) in [4.78, 5) is 12.9. The monoisotopic (exact) mass is 186 g/mol. The highest BCUT2D eigenvalue weighted by atomic mass is 16.2. The van der Waals surface area contributed by atoms with E-state index in [0.29, 0.717) is 13.0 Å². The molecule has 0 saturated carbocycles. The fourth-order valence-electron chi connectivity index (χ4n) is 1.18. The highest BCUT2D eigenvalue weighted by Crippen LogP contribution is 2.25. The Morgan fingerprint density at radius 1 is 1.31 bits per heavy atom. The highest BCUT2D eigenvalue weighted by molar-refractivity contribution is 5.75. The van der Waals surface area contributed by atoms with Crippen molar-refractivity contribution >= 4 is 5.91 Å². The van der Waals surface area contributed by atoms with Gasteiger partial charge >= 0.3 is 0 Å². The SMILES string of the molecule is CN(C)C(=O)CCC(C)(C)CCN. The lowest BCUT2D eigenvalue weighted by Gasteiger charge is -2.24. The van der Waals surface area contributed by atoms with E-state index in [4.69, 9.17) is 5.73 Å². The van der Waals surface area contributed by atoms with Crippen molar-refractivity contribution in [1.29, 1.82) is 0 Å². The standard InChI is InChI=1S/C10H22N2O/c1-10(2,7-8-11)6-5-9(13)12(3)4/h5-8,11H2,1-4H3. The Labute approximate surface area is 81.3 Å². The summed E-state index contributed by atoms with van der Waals surface area (Å²) >= 11 is 0. The summed E-state index contributed by atoms with van der Waals surface area (Å²) in [6.07, 6.45) is 2.52. The molecule has 0 heterocycles. The van der Waals surface area contributed by atoms with Crippen LogP contribution in [0.15, 0.2) is 0 Å². The first-order valence-corrected chi connectivity index (χ1v) is 4.79. The fourth-order valence-corrected chi connectivity index (χ4v) is 1.18. The summed E-state index contributed by atoms with van der Waals surface area (Å²) in [5.74, 6) is 0.199. The fraction of sp³-hybridized carbons (Fsp3) is 0.900. The summed E-state index contributed by atoms with van der Waals surface area (Å²) < 4.78 is 0. The van der Waals surface area contributed by atoms with Crippen LogP contribution in [0.4, 0.5) is 0 Å². The van der Waals surface area contributed by atoms with Gasteiger partial charge in [0.05, 0.1) is 0 Å². The molecule has 0 aromatic heterocycles. The molecule has 0 aliphatic rings. The van der Waals surface area contributed by atoms with Crippen molar-refractivity contribution in [3.63, 3.8) is 0 Å². The third-order valence-electron chi connectivity index (χ3n) is 2.34. The maximum absolute atomic E-state index is 11.3. The second kappa shape index (κ2) is 5.22. The van der Waals surface area contributed by atoms with Crippen LogP contribution in [-0.4, -0.2) is 31.4 Å². The molecule has 0 aliphatic carbocycles. The van der Waals surface area contributed by atoms with Gasteiger partial charge in [-0.25, -0.2) is 0 Å². The molecule has 0 radical (unpaired) electrons. The van der Waals surface area contributed by atoms with Crippen LogP contribution in [-0.2, 0) is 4.79 Å². The summed E-state index contributed by atoms with van der Waals surface area (Å²) in [5, 5.41) is 0. The van der Waals surface area contributed by atoms with Gasteiger partial charge in [-0.2, -0.15) is 0 Å². The molecule has 0 fully saturated rings. The lowest BCUT2D eigenvalue weighted by Crippen LogP contribution is -2.25. The van der Waals surface area contributed by atoms with E-state index in [-0.39, 0.29) is 11.3 Å². The number of hydrogen-bond acceptors (Lipinski definition) is 2. The molecule has 0 aromatic carbocycles. The van der Waals surface area contributed by atoms with Gasteiger partial charge in [0.2, 0.25) is 5.91 Å². The highest BCUT2D eigenvalue weighted by Gasteiger charge is 2.18. The van der Waals surface area contributed by atoms with E-state index in [1.807, 2.05) is 0 Å².